The van der Waals surface area contributed by atoms with Gasteiger partial charge in [0.25, 0.3) is 0 Å². The number of fused-ring (bicyclic) bond motifs is 8. The number of anilines is 6. The van der Waals surface area contributed by atoms with Crippen molar-refractivity contribution in [2.45, 2.75) is 10.8 Å². The van der Waals surface area contributed by atoms with E-state index < -0.39 is 10.8 Å². The van der Waals surface area contributed by atoms with Crippen LogP contribution < -0.4 is 19.3 Å². The Morgan fingerprint density at radius 2 is 0.577 bits per heavy atom. The summed E-state index contributed by atoms with van der Waals surface area (Å²) in [6.45, 7) is 7.84. The van der Waals surface area contributed by atoms with E-state index in [4.69, 9.17) is 9.47 Å². The van der Waals surface area contributed by atoms with Crippen LogP contribution in [0, 0.1) is 11.6 Å². The summed E-state index contributed by atoms with van der Waals surface area (Å²) in [6, 6.07) is 125. The molecule has 0 bridgehead atoms. The number of nitrogens with zero attached hydrogens (tertiary/aromatic N) is 2. The fraction of sp³-hybridized carbons (Fsp3) is 0.0204. The maximum Gasteiger partial charge on any atom is 0.127 e. The third-order valence-electron chi connectivity index (χ3n) is 20.9. The van der Waals surface area contributed by atoms with E-state index in [1.54, 1.807) is 24.3 Å². The number of ether oxygens (including phenoxy) is 2. The lowest BCUT2D eigenvalue weighted by Gasteiger charge is -2.35. The van der Waals surface area contributed by atoms with Gasteiger partial charge in [-0.3, -0.25) is 0 Å². The molecule has 0 aliphatic heterocycles. The van der Waals surface area contributed by atoms with E-state index in [9.17, 15) is 0 Å². The number of rotatable bonds is 17. The van der Waals surface area contributed by atoms with Gasteiger partial charge < -0.3 is 19.3 Å². The summed E-state index contributed by atoms with van der Waals surface area (Å²) in [7, 11) is 0. The maximum atomic E-state index is 15.8. The lowest BCUT2D eigenvalue weighted by molar-refractivity contribution is 0.482. The molecule has 0 radical (unpaired) electrons. The Balaban J connectivity index is 0.723. The predicted molar refractivity (Wildman–Crippen MR) is 424 cm³/mol. The number of halogens is 2. The van der Waals surface area contributed by atoms with Crippen molar-refractivity contribution in [2.75, 3.05) is 9.80 Å². The molecule has 2 atom stereocenters. The monoisotopic (exact) mass is 1340 g/mol. The summed E-state index contributed by atoms with van der Waals surface area (Å²) in [4.78, 5) is 4.29. The van der Waals surface area contributed by atoms with Crippen LogP contribution in [-0.4, -0.2) is 0 Å². The van der Waals surface area contributed by atoms with Crippen molar-refractivity contribution in [2.24, 2.45) is 0 Å². The fourth-order valence-corrected chi connectivity index (χ4v) is 16.1. The highest BCUT2D eigenvalue weighted by Gasteiger charge is 2.48. The lowest BCUT2D eigenvalue weighted by atomic mass is 9.67. The highest BCUT2D eigenvalue weighted by molar-refractivity contribution is 5.95. The third kappa shape index (κ3) is 10.8. The maximum absolute atomic E-state index is 15.8. The summed E-state index contributed by atoms with van der Waals surface area (Å²) < 4.78 is 44.6. The molecule has 18 rings (SSSR count). The van der Waals surface area contributed by atoms with Gasteiger partial charge in [0.2, 0.25) is 0 Å². The van der Waals surface area contributed by atoms with Gasteiger partial charge in [-0.2, -0.15) is 0 Å². The largest absolute Gasteiger partial charge is 0.457 e. The molecule has 2 unspecified atom stereocenters. The number of hydrogen-bond donors (Lipinski definition) is 0. The molecular formula is C98H66F2N2O2. The normalized spacial score (nSPS) is 14.6. The molecular weight excluding hydrogens is 1280 g/mol. The minimum absolute atomic E-state index is 0.341. The van der Waals surface area contributed by atoms with E-state index in [2.05, 4.69) is 290 Å². The average molecular weight is 1340 g/mol. The molecule has 494 valence electrons. The zero-order chi connectivity index (χ0) is 69.9. The minimum Gasteiger partial charge on any atom is -0.457 e. The molecule has 2 aliphatic carbocycles. The Kier molecular flexibility index (Phi) is 15.7. The Hall–Kier alpha value is -13.4. The first-order valence-corrected chi connectivity index (χ1v) is 35.0. The summed E-state index contributed by atoms with van der Waals surface area (Å²) in [5, 5.41) is 4.58. The van der Waals surface area contributed by atoms with Gasteiger partial charge >= 0.3 is 0 Å². The van der Waals surface area contributed by atoms with E-state index in [1.165, 1.54) is 12.1 Å². The zero-order valence-corrected chi connectivity index (χ0v) is 56.7. The number of benzene rings is 16. The van der Waals surface area contributed by atoms with Gasteiger partial charge in [0.05, 0.1) is 10.8 Å². The van der Waals surface area contributed by atoms with E-state index >= 15 is 8.78 Å². The van der Waals surface area contributed by atoms with Crippen LogP contribution in [-0.2, 0) is 10.8 Å². The summed E-state index contributed by atoms with van der Waals surface area (Å²) in [5.74, 6) is 2.23. The van der Waals surface area contributed by atoms with Crippen molar-refractivity contribution in [3.05, 3.63) is 444 Å². The van der Waals surface area contributed by atoms with Crippen molar-refractivity contribution in [3.63, 3.8) is 0 Å². The van der Waals surface area contributed by atoms with Crippen molar-refractivity contribution < 1.29 is 18.3 Å². The van der Waals surface area contributed by atoms with Crippen LogP contribution in [0.15, 0.2) is 377 Å². The molecule has 0 fully saturated rings. The van der Waals surface area contributed by atoms with Crippen molar-refractivity contribution in [3.8, 4) is 56.4 Å². The van der Waals surface area contributed by atoms with Gasteiger partial charge in [-0.25, -0.2) is 8.78 Å². The van der Waals surface area contributed by atoms with Crippen LogP contribution in [0.3, 0.4) is 0 Å². The molecule has 0 heterocycles. The Labute approximate surface area is 603 Å². The van der Waals surface area contributed by atoms with Gasteiger partial charge in [-0.05, 0) is 256 Å². The van der Waals surface area contributed by atoms with E-state index in [0.29, 0.717) is 11.4 Å². The van der Waals surface area contributed by atoms with Crippen LogP contribution in [0.25, 0.3) is 67.1 Å². The molecule has 0 saturated carbocycles. The van der Waals surface area contributed by atoms with E-state index in [0.717, 1.165) is 156 Å². The molecule has 0 N–H and O–H groups in total. The summed E-state index contributed by atoms with van der Waals surface area (Å²) in [5.41, 5.74) is 20.6. The highest BCUT2D eigenvalue weighted by Crippen LogP contribution is 2.60. The SMILES string of the molecule is C=Cc1ccc(Oc2ccc(C3(c4ccc5ccccc5c4)c4ccccc4-c4ccc(N(c5ccc(-c6ccc(N(c7cccc(F)c7)c7ccc8c(c7)C(c7ccc(Oc9ccc(C=C)cc9)cc7)(c7ccc9ccccc9c7)c7ccccc7-8)cc6)cc5)c5cccc(F)c5)cc43)cc2)cc1. The van der Waals surface area contributed by atoms with Crippen LogP contribution in [0.4, 0.5) is 42.9 Å². The molecule has 0 amide bonds. The molecule has 16 aromatic carbocycles. The fourth-order valence-electron chi connectivity index (χ4n) is 16.1. The first kappa shape index (κ1) is 62.8. The van der Waals surface area contributed by atoms with Crippen LogP contribution in [0.1, 0.15) is 55.6 Å². The molecule has 16 aromatic rings. The van der Waals surface area contributed by atoms with Crippen LogP contribution in [0.5, 0.6) is 23.0 Å². The van der Waals surface area contributed by atoms with E-state index in [1.807, 2.05) is 72.8 Å². The standard InChI is InChI=1S/C98H66F2N2O2/c1-3-65-27-49-85(50-28-65)103-87-53-39-73(40-54-87)97(75-37-31-67-15-5-7-17-71(67)59-75)93-25-11-9-23-89(93)91-57-47-83(63-95(91)97)101(81-21-13-19-77(99)61-81)79-43-33-69(34-44-79)70-35-45-80(46-36-70)102(82-22-14-20-78(100)62-82)84-48-58-92-90-24-10-12-26-94(90)98(96(92)64-84,76-38-32-68-16-6-8-18-72(68)60-76)74-41-55-88(56-42-74)104-86-51-29-66(4-2)30-52-86/h3-64H,1-2H2. The number of hydrogen-bond acceptors (Lipinski definition) is 4. The molecule has 104 heavy (non-hydrogen) atoms. The summed E-state index contributed by atoms with van der Waals surface area (Å²) in [6.07, 6.45) is 3.65. The molecule has 4 nitrogen and oxygen atoms in total. The van der Waals surface area contributed by atoms with Gasteiger partial charge in [0.1, 0.15) is 34.6 Å². The smallest absolute Gasteiger partial charge is 0.127 e. The van der Waals surface area contributed by atoms with Crippen molar-refractivity contribution in [1.82, 2.24) is 0 Å². The lowest BCUT2D eigenvalue weighted by Crippen LogP contribution is -2.28. The Morgan fingerprint density at radius 1 is 0.250 bits per heavy atom. The average Bonchev–Trinajstić information content (AvgIpc) is 1.53. The van der Waals surface area contributed by atoms with Crippen LogP contribution in [0.2, 0.25) is 0 Å². The van der Waals surface area contributed by atoms with E-state index in [-0.39, 0.29) is 11.6 Å². The van der Waals surface area contributed by atoms with Crippen molar-refractivity contribution in [1.29, 1.82) is 0 Å². The van der Waals surface area contributed by atoms with Gasteiger partial charge in [-0.15, -0.1) is 0 Å². The molecule has 0 aromatic heterocycles. The van der Waals surface area contributed by atoms with Crippen LogP contribution >= 0.6 is 0 Å². The molecule has 6 heteroatoms. The topological polar surface area (TPSA) is 24.9 Å². The van der Waals surface area contributed by atoms with Gasteiger partial charge in [0.15, 0.2) is 0 Å². The minimum atomic E-state index is -0.789. The highest BCUT2D eigenvalue weighted by atomic mass is 19.1. The van der Waals surface area contributed by atoms with Gasteiger partial charge in [-0.1, -0.05) is 244 Å². The first-order valence-electron chi connectivity index (χ1n) is 35.0. The molecule has 0 spiro atoms. The molecule has 0 saturated heterocycles. The summed E-state index contributed by atoms with van der Waals surface area (Å²) >= 11 is 0. The van der Waals surface area contributed by atoms with Gasteiger partial charge in [0, 0.05) is 34.1 Å². The quantitative estimate of drug-likeness (QED) is 0.0907. The zero-order valence-electron chi connectivity index (χ0n) is 56.7. The Morgan fingerprint density at radius 3 is 0.962 bits per heavy atom. The Bertz CT molecular complexity index is 5620. The second kappa shape index (κ2) is 25.9. The second-order valence-corrected chi connectivity index (χ2v) is 26.7. The predicted octanol–water partition coefficient (Wildman–Crippen LogP) is 26.5. The first-order chi connectivity index (χ1) is 51.2. The third-order valence-corrected chi connectivity index (χ3v) is 20.9. The molecule has 2 aliphatic rings. The van der Waals surface area contributed by atoms with Crippen molar-refractivity contribution >= 4 is 67.8 Å². The second-order valence-electron chi connectivity index (χ2n) is 26.7.